The number of rotatable bonds is 1. The standard InChI is InChI=1S/C21H18FN5O5S.H2/c1-8-6-27-15-10(3-11-14(12-5-23-7-33-12)26-32-16(11)13(15)22)4-21(17(27)9(2)31-8)18(28)24-20(30)25-19(21)29;/h3,5,7-9,17H,4,6H2,1-2H3,(H2,24,25,28,29,30);1H/t8-,9+,17-;/m1./s1. The fraction of sp³-hybridized carbons (Fsp3) is 0.381. The SMILES string of the molecule is C[C@@H]1CN2c3c(cc4c(-c5cncs5)noc4c3F)CC3(C(=O)NC(=O)NC3=O)[C@H]2[C@H](C)O1.[HH]. The molecule has 0 saturated carbocycles. The van der Waals surface area contributed by atoms with Gasteiger partial charge >= 0.3 is 6.03 Å². The lowest BCUT2D eigenvalue weighted by molar-refractivity contribution is -0.153. The molecule has 2 fully saturated rings. The van der Waals surface area contributed by atoms with Crippen LogP contribution in [0.5, 0.6) is 0 Å². The first-order valence-corrected chi connectivity index (χ1v) is 11.3. The molecule has 2 aromatic heterocycles. The highest BCUT2D eigenvalue weighted by Gasteiger charge is 2.63. The summed E-state index contributed by atoms with van der Waals surface area (Å²) in [5, 5.41) is 8.93. The number of nitrogens with one attached hydrogen (secondary N) is 2. The molecule has 2 saturated heterocycles. The first-order valence-electron chi connectivity index (χ1n) is 10.4. The summed E-state index contributed by atoms with van der Waals surface area (Å²) in [6.07, 6.45) is 0.615. The average Bonchev–Trinajstić information content (AvgIpc) is 3.41. The second kappa shape index (κ2) is 6.81. The molecule has 3 aliphatic heterocycles. The van der Waals surface area contributed by atoms with Crippen LogP contribution in [0.15, 0.2) is 22.3 Å². The van der Waals surface area contributed by atoms with Crippen LogP contribution < -0.4 is 15.5 Å². The van der Waals surface area contributed by atoms with E-state index in [0.717, 1.165) is 0 Å². The van der Waals surface area contributed by atoms with Crippen LogP contribution in [0.2, 0.25) is 0 Å². The van der Waals surface area contributed by atoms with E-state index in [-0.39, 0.29) is 31.8 Å². The van der Waals surface area contributed by atoms with Gasteiger partial charge in [0.1, 0.15) is 5.69 Å². The maximum absolute atomic E-state index is 16.0. The number of halogens is 1. The number of fused-ring (bicyclic) bond motifs is 5. The Hall–Kier alpha value is -3.38. The number of aromatic nitrogens is 2. The molecule has 3 atom stereocenters. The van der Waals surface area contributed by atoms with Crippen LogP contribution in [0.25, 0.3) is 21.5 Å². The summed E-state index contributed by atoms with van der Waals surface area (Å²) < 4.78 is 27.3. The molecule has 0 aliphatic carbocycles. The number of hydrogen-bond acceptors (Lipinski definition) is 9. The fourth-order valence-corrected chi connectivity index (χ4v) is 6.07. The van der Waals surface area contributed by atoms with Crippen LogP contribution in [-0.2, 0) is 20.7 Å². The maximum atomic E-state index is 16.0. The van der Waals surface area contributed by atoms with Gasteiger partial charge in [-0.2, -0.15) is 0 Å². The molecule has 3 aromatic rings. The Bertz CT molecular complexity index is 1330. The van der Waals surface area contributed by atoms with Gasteiger partial charge < -0.3 is 14.2 Å². The molecule has 5 heterocycles. The molecule has 2 N–H and O–H groups in total. The predicted octanol–water partition coefficient (Wildman–Crippen LogP) is 2.23. The van der Waals surface area contributed by atoms with Gasteiger partial charge in [0.2, 0.25) is 17.4 Å². The number of thiazole rings is 1. The van der Waals surface area contributed by atoms with Gasteiger partial charge in [-0.15, -0.1) is 11.3 Å². The van der Waals surface area contributed by atoms with Gasteiger partial charge in [0, 0.05) is 20.6 Å². The summed E-state index contributed by atoms with van der Waals surface area (Å²) in [6.45, 7) is 3.82. The maximum Gasteiger partial charge on any atom is 0.328 e. The van der Waals surface area contributed by atoms with Crippen molar-refractivity contribution in [3.05, 3.63) is 29.2 Å². The second-order valence-electron chi connectivity index (χ2n) is 8.61. The van der Waals surface area contributed by atoms with Crippen LogP contribution in [0.1, 0.15) is 20.8 Å². The topological polar surface area (TPSA) is 127 Å². The Morgan fingerprint density at radius 2 is 2.03 bits per heavy atom. The van der Waals surface area contributed by atoms with E-state index in [1.165, 1.54) is 11.3 Å². The van der Waals surface area contributed by atoms with Crippen molar-refractivity contribution >= 4 is 45.8 Å². The number of imide groups is 2. The van der Waals surface area contributed by atoms with E-state index in [4.69, 9.17) is 9.26 Å². The second-order valence-corrected chi connectivity index (χ2v) is 9.49. The zero-order valence-corrected chi connectivity index (χ0v) is 18.4. The molecule has 33 heavy (non-hydrogen) atoms. The van der Waals surface area contributed by atoms with Crippen molar-refractivity contribution < 1.29 is 29.5 Å². The number of morpholine rings is 1. The molecule has 6 rings (SSSR count). The Morgan fingerprint density at radius 1 is 1.27 bits per heavy atom. The zero-order chi connectivity index (χ0) is 23.1. The van der Waals surface area contributed by atoms with Crippen LogP contribution >= 0.6 is 11.3 Å². The number of hydrogen-bond donors (Lipinski definition) is 2. The van der Waals surface area contributed by atoms with Crippen molar-refractivity contribution in [2.75, 3.05) is 11.4 Å². The largest absolute Gasteiger partial charge is 0.372 e. The highest BCUT2D eigenvalue weighted by Crippen LogP contribution is 2.49. The first-order chi connectivity index (χ1) is 15.8. The number of ether oxygens (including phenoxy) is 1. The number of amides is 4. The van der Waals surface area contributed by atoms with E-state index in [1.807, 2.05) is 6.92 Å². The summed E-state index contributed by atoms with van der Waals surface area (Å²) in [7, 11) is 0. The molecule has 0 bridgehead atoms. The molecular weight excluding hydrogens is 453 g/mol. The number of anilines is 1. The quantitative estimate of drug-likeness (QED) is 0.515. The molecular formula is C21H20FN5O5S. The van der Waals surface area contributed by atoms with E-state index < -0.39 is 41.2 Å². The van der Waals surface area contributed by atoms with Gasteiger partial charge in [-0.25, -0.2) is 9.18 Å². The molecule has 10 nitrogen and oxygen atoms in total. The Kier molecular flexibility index (Phi) is 4.18. The summed E-state index contributed by atoms with van der Waals surface area (Å²) in [5.74, 6) is -2.06. The van der Waals surface area contributed by atoms with Gasteiger partial charge in [-0.3, -0.25) is 25.2 Å². The summed E-state index contributed by atoms with van der Waals surface area (Å²) in [4.78, 5) is 44.7. The van der Waals surface area contributed by atoms with Gasteiger partial charge in [-0.05, 0) is 25.5 Å². The number of nitrogens with zero attached hydrogens (tertiary/aromatic N) is 3. The normalized spacial score (nSPS) is 26.2. The van der Waals surface area contributed by atoms with E-state index in [2.05, 4.69) is 20.8 Å². The minimum Gasteiger partial charge on any atom is -0.372 e. The fourth-order valence-electron chi connectivity index (χ4n) is 5.46. The lowest BCUT2D eigenvalue weighted by Gasteiger charge is -2.55. The summed E-state index contributed by atoms with van der Waals surface area (Å²) >= 11 is 1.33. The zero-order valence-electron chi connectivity index (χ0n) is 17.5. The van der Waals surface area contributed by atoms with Gasteiger partial charge in [0.05, 0.1) is 39.7 Å². The minimum atomic E-state index is -1.68. The van der Waals surface area contributed by atoms with Crippen molar-refractivity contribution in [1.82, 2.24) is 20.8 Å². The molecule has 172 valence electrons. The highest BCUT2D eigenvalue weighted by atomic mass is 32.1. The molecule has 3 aliphatic rings. The number of carbonyl (C=O) groups is 3. The minimum absolute atomic E-state index is 0. The third-order valence-corrected chi connectivity index (χ3v) is 7.41. The van der Waals surface area contributed by atoms with E-state index in [1.54, 1.807) is 29.6 Å². The highest BCUT2D eigenvalue weighted by molar-refractivity contribution is 7.13. The summed E-state index contributed by atoms with van der Waals surface area (Å²) in [6, 6.07) is 0.00277. The van der Waals surface area contributed by atoms with Gasteiger partial charge in [0.25, 0.3) is 0 Å². The third kappa shape index (κ3) is 2.64. The molecule has 12 heteroatoms. The Balaban J connectivity index is 0.00000241. The van der Waals surface area contributed by atoms with E-state index >= 15 is 4.39 Å². The van der Waals surface area contributed by atoms with Crippen molar-refractivity contribution in [2.24, 2.45) is 5.41 Å². The first kappa shape index (κ1) is 20.2. The average molecular weight is 473 g/mol. The molecule has 4 amide bonds. The third-order valence-electron chi connectivity index (χ3n) is 6.63. The molecule has 1 aromatic carbocycles. The van der Waals surface area contributed by atoms with Crippen molar-refractivity contribution in [3.8, 4) is 10.6 Å². The van der Waals surface area contributed by atoms with Crippen molar-refractivity contribution in [3.63, 3.8) is 0 Å². The number of carbonyl (C=O) groups excluding carboxylic acids is 3. The van der Waals surface area contributed by atoms with Crippen LogP contribution in [0, 0.1) is 11.2 Å². The predicted molar refractivity (Wildman–Crippen MR) is 116 cm³/mol. The van der Waals surface area contributed by atoms with Gasteiger partial charge in [0.15, 0.2) is 11.2 Å². The van der Waals surface area contributed by atoms with E-state index in [9.17, 15) is 14.4 Å². The van der Waals surface area contributed by atoms with Crippen LogP contribution in [0.4, 0.5) is 14.9 Å². The van der Waals surface area contributed by atoms with Crippen molar-refractivity contribution in [2.45, 2.75) is 38.5 Å². The molecule has 1 spiro atoms. The van der Waals surface area contributed by atoms with Crippen LogP contribution in [-0.4, -0.2) is 52.8 Å². The smallest absolute Gasteiger partial charge is 0.328 e. The number of barbiturate groups is 1. The number of urea groups is 1. The lowest BCUT2D eigenvalue weighted by Crippen LogP contribution is -2.75. The Labute approximate surface area is 191 Å². The van der Waals surface area contributed by atoms with Gasteiger partial charge in [-0.1, -0.05) is 5.16 Å². The number of benzene rings is 1. The Morgan fingerprint density at radius 3 is 2.73 bits per heavy atom. The van der Waals surface area contributed by atoms with Crippen molar-refractivity contribution in [1.29, 1.82) is 0 Å². The van der Waals surface area contributed by atoms with Crippen LogP contribution in [0.3, 0.4) is 0 Å². The summed E-state index contributed by atoms with van der Waals surface area (Å²) in [5.41, 5.74) is 1.08. The lowest BCUT2D eigenvalue weighted by atomic mass is 9.66. The van der Waals surface area contributed by atoms with E-state index in [0.29, 0.717) is 21.5 Å². The molecule has 0 radical (unpaired) electrons. The molecule has 0 unspecified atom stereocenters. The monoisotopic (exact) mass is 473 g/mol.